The Morgan fingerprint density at radius 3 is 2.50 bits per heavy atom. The molecule has 2 heteroatoms. The van der Waals surface area contributed by atoms with Gasteiger partial charge in [-0.2, -0.15) is 0 Å². The third-order valence-electron chi connectivity index (χ3n) is 2.27. The van der Waals surface area contributed by atoms with Crippen LogP contribution in [0.5, 0.6) is 0 Å². The molecule has 1 aliphatic rings. The van der Waals surface area contributed by atoms with Crippen molar-refractivity contribution >= 4 is 11.9 Å². The minimum absolute atomic E-state index is 0.808. The molecular weight excluding hydrogens is 166 g/mol. The van der Waals surface area contributed by atoms with Crippen LogP contribution in [0.1, 0.15) is 46.0 Å². The van der Waals surface area contributed by atoms with E-state index in [1.165, 1.54) is 37.9 Å². The first-order valence-corrected chi connectivity index (χ1v) is 6.15. The van der Waals surface area contributed by atoms with Crippen molar-refractivity contribution in [3.8, 4) is 0 Å². The Labute approximate surface area is 80.8 Å². The van der Waals surface area contributed by atoms with Gasteiger partial charge in [0.05, 0.1) is 0 Å². The Morgan fingerprint density at radius 2 is 1.92 bits per heavy atom. The summed E-state index contributed by atoms with van der Waals surface area (Å²) < 4.78 is 3.57. The van der Waals surface area contributed by atoms with E-state index in [2.05, 4.69) is 18.6 Å². The zero-order chi connectivity index (χ0) is 8.81. The van der Waals surface area contributed by atoms with Gasteiger partial charge in [0, 0.05) is 11.8 Å². The Hall–Kier alpha value is 0.310. The van der Waals surface area contributed by atoms with Crippen molar-refractivity contribution in [3.05, 3.63) is 0 Å². The van der Waals surface area contributed by atoms with Crippen molar-refractivity contribution in [2.45, 2.75) is 52.0 Å². The van der Waals surface area contributed by atoms with E-state index < -0.39 is 0 Å². The maximum atomic E-state index is 3.57. The molecule has 1 fully saturated rings. The molecule has 1 rings (SSSR count). The molecule has 0 spiro atoms. The first-order chi connectivity index (χ1) is 5.79. The third-order valence-corrected chi connectivity index (χ3v) is 3.61. The van der Waals surface area contributed by atoms with E-state index >= 15 is 0 Å². The van der Waals surface area contributed by atoms with E-state index in [9.17, 15) is 0 Å². The first-order valence-electron chi connectivity index (χ1n) is 5.16. The topological polar surface area (TPSA) is 12.0 Å². The maximum absolute atomic E-state index is 3.57. The largest absolute Gasteiger partial charge is 0.261 e. The van der Waals surface area contributed by atoms with Gasteiger partial charge in [-0.1, -0.05) is 45.1 Å². The lowest BCUT2D eigenvalue weighted by Gasteiger charge is -2.22. The second-order valence-electron chi connectivity index (χ2n) is 4.16. The van der Waals surface area contributed by atoms with Crippen LogP contribution in [0.15, 0.2) is 0 Å². The summed E-state index contributed by atoms with van der Waals surface area (Å²) in [4.78, 5) is 0. The average molecular weight is 187 g/mol. The molecular formula is C10H21NS. The van der Waals surface area contributed by atoms with Crippen LogP contribution in [0.2, 0.25) is 0 Å². The van der Waals surface area contributed by atoms with E-state index in [-0.39, 0.29) is 0 Å². The molecule has 0 atom stereocenters. The summed E-state index contributed by atoms with van der Waals surface area (Å²) >= 11 is 1.92. The smallest absolute Gasteiger partial charge is 0.0171 e. The summed E-state index contributed by atoms with van der Waals surface area (Å²) in [5.74, 6) is 2.06. The molecule has 1 saturated carbocycles. The number of hydrogen-bond acceptors (Lipinski definition) is 2. The standard InChI is InChI=1S/C10H21NS/c1-9(2)8-12-11-10-6-4-3-5-7-10/h9-11H,3-8H2,1-2H3. The second-order valence-corrected chi connectivity index (χ2v) is 5.02. The van der Waals surface area contributed by atoms with Crippen molar-refractivity contribution in [1.82, 2.24) is 4.72 Å². The van der Waals surface area contributed by atoms with E-state index in [1.54, 1.807) is 0 Å². The van der Waals surface area contributed by atoms with Gasteiger partial charge in [-0.3, -0.25) is 4.72 Å². The first kappa shape index (κ1) is 10.4. The van der Waals surface area contributed by atoms with Gasteiger partial charge in [0.1, 0.15) is 0 Å². The van der Waals surface area contributed by atoms with Crippen LogP contribution in [-0.4, -0.2) is 11.8 Å². The van der Waals surface area contributed by atoms with Crippen molar-refractivity contribution in [2.75, 3.05) is 5.75 Å². The van der Waals surface area contributed by atoms with Crippen molar-refractivity contribution in [2.24, 2.45) is 5.92 Å². The molecule has 0 saturated heterocycles. The molecule has 0 radical (unpaired) electrons. The summed E-state index contributed by atoms with van der Waals surface area (Å²) in [5.41, 5.74) is 0. The number of rotatable bonds is 4. The van der Waals surface area contributed by atoms with Crippen LogP contribution in [0.4, 0.5) is 0 Å². The summed E-state index contributed by atoms with van der Waals surface area (Å²) in [6, 6.07) is 0.808. The molecule has 0 aromatic carbocycles. The molecule has 72 valence electrons. The second kappa shape index (κ2) is 5.87. The molecule has 0 unspecified atom stereocenters. The highest BCUT2D eigenvalue weighted by molar-refractivity contribution is 7.97. The predicted molar refractivity (Wildman–Crippen MR) is 57.3 cm³/mol. The normalized spacial score (nSPS) is 20.2. The minimum atomic E-state index is 0.808. The van der Waals surface area contributed by atoms with Crippen molar-refractivity contribution in [1.29, 1.82) is 0 Å². The molecule has 1 N–H and O–H groups in total. The fourth-order valence-corrected chi connectivity index (χ4v) is 2.45. The van der Waals surface area contributed by atoms with Gasteiger partial charge >= 0.3 is 0 Å². The molecule has 0 heterocycles. The monoisotopic (exact) mass is 187 g/mol. The van der Waals surface area contributed by atoms with Crippen LogP contribution in [-0.2, 0) is 0 Å². The van der Waals surface area contributed by atoms with E-state index in [0.717, 1.165) is 12.0 Å². The van der Waals surface area contributed by atoms with Gasteiger partial charge in [-0.05, 0) is 18.8 Å². The van der Waals surface area contributed by atoms with Gasteiger partial charge in [-0.15, -0.1) is 0 Å². The zero-order valence-corrected chi connectivity index (χ0v) is 9.12. The third kappa shape index (κ3) is 4.36. The predicted octanol–water partition coefficient (Wildman–Crippen LogP) is 3.21. The van der Waals surface area contributed by atoms with Gasteiger partial charge < -0.3 is 0 Å². The minimum Gasteiger partial charge on any atom is -0.261 e. The van der Waals surface area contributed by atoms with E-state index in [0.29, 0.717) is 0 Å². The van der Waals surface area contributed by atoms with E-state index in [4.69, 9.17) is 0 Å². The summed E-state index contributed by atoms with van der Waals surface area (Å²) in [6.45, 7) is 4.55. The summed E-state index contributed by atoms with van der Waals surface area (Å²) in [6.07, 6.45) is 7.10. The van der Waals surface area contributed by atoms with Crippen LogP contribution in [0.3, 0.4) is 0 Å². The Kier molecular flexibility index (Phi) is 5.08. The van der Waals surface area contributed by atoms with Gasteiger partial charge in [0.25, 0.3) is 0 Å². The molecule has 0 aromatic rings. The van der Waals surface area contributed by atoms with E-state index in [1.807, 2.05) is 11.9 Å². The summed E-state index contributed by atoms with van der Waals surface area (Å²) in [7, 11) is 0. The Morgan fingerprint density at radius 1 is 1.25 bits per heavy atom. The Balaban J connectivity index is 1.98. The molecule has 0 bridgehead atoms. The van der Waals surface area contributed by atoms with Crippen molar-refractivity contribution in [3.63, 3.8) is 0 Å². The van der Waals surface area contributed by atoms with Crippen LogP contribution in [0.25, 0.3) is 0 Å². The molecule has 12 heavy (non-hydrogen) atoms. The lowest BCUT2D eigenvalue weighted by atomic mass is 9.96. The summed E-state index contributed by atoms with van der Waals surface area (Å²) in [5, 5.41) is 0. The SMILES string of the molecule is CC(C)CSNC1CCCCC1. The Bertz CT molecular complexity index is 108. The van der Waals surface area contributed by atoms with Gasteiger partial charge in [-0.25, -0.2) is 0 Å². The van der Waals surface area contributed by atoms with Gasteiger partial charge in [0.2, 0.25) is 0 Å². The lowest BCUT2D eigenvalue weighted by Crippen LogP contribution is -2.26. The molecule has 0 aromatic heterocycles. The van der Waals surface area contributed by atoms with Gasteiger partial charge in [0.15, 0.2) is 0 Å². The lowest BCUT2D eigenvalue weighted by molar-refractivity contribution is 0.423. The van der Waals surface area contributed by atoms with Crippen molar-refractivity contribution < 1.29 is 0 Å². The van der Waals surface area contributed by atoms with Crippen LogP contribution < -0.4 is 4.72 Å². The molecule has 1 nitrogen and oxygen atoms in total. The quantitative estimate of drug-likeness (QED) is 0.678. The fourth-order valence-electron chi connectivity index (χ4n) is 1.55. The van der Waals surface area contributed by atoms with Crippen LogP contribution >= 0.6 is 11.9 Å². The molecule has 0 aliphatic heterocycles. The number of nitrogens with one attached hydrogen (secondary N) is 1. The average Bonchev–Trinajstić information content (AvgIpc) is 2.05. The molecule has 0 amide bonds. The molecule has 1 aliphatic carbocycles. The van der Waals surface area contributed by atoms with Crippen LogP contribution in [0, 0.1) is 5.92 Å². The fraction of sp³-hybridized carbons (Fsp3) is 1.00. The maximum Gasteiger partial charge on any atom is 0.0171 e. The highest BCUT2D eigenvalue weighted by Crippen LogP contribution is 2.19. The highest BCUT2D eigenvalue weighted by Gasteiger charge is 2.12. The number of hydrogen-bond donors (Lipinski definition) is 1. The highest BCUT2D eigenvalue weighted by atomic mass is 32.2. The zero-order valence-electron chi connectivity index (χ0n) is 8.31.